The quantitative estimate of drug-likeness (QED) is 0.536. The van der Waals surface area contributed by atoms with E-state index in [2.05, 4.69) is 25.9 Å². The molecule has 0 saturated heterocycles. The molecule has 0 atom stereocenters. The number of amides is 1. The maximum absolute atomic E-state index is 14.5. The molecule has 0 spiro atoms. The lowest BCUT2D eigenvalue weighted by atomic mass is 10.0. The van der Waals surface area contributed by atoms with Crippen LogP contribution in [0.4, 0.5) is 15.9 Å². The van der Waals surface area contributed by atoms with E-state index >= 15 is 0 Å². The second-order valence-corrected chi connectivity index (χ2v) is 7.43. The number of nitrogens with zero attached hydrogens (tertiary/aromatic N) is 2. The number of fused-ring (bicyclic) bond motifs is 1. The summed E-state index contributed by atoms with van der Waals surface area (Å²) in [6.07, 6.45) is 3.58. The third-order valence-electron chi connectivity index (χ3n) is 4.75. The maximum Gasteiger partial charge on any atom is 0.225 e. The van der Waals surface area contributed by atoms with Crippen molar-refractivity contribution in [2.45, 2.75) is 6.42 Å². The van der Waals surface area contributed by atoms with Crippen molar-refractivity contribution in [1.82, 2.24) is 15.3 Å². The van der Waals surface area contributed by atoms with Gasteiger partial charge in [0.1, 0.15) is 12.4 Å². The molecule has 1 aromatic carbocycles. The van der Waals surface area contributed by atoms with E-state index in [9.17, 15) is 9.18 Å². The van der Waals surface area contributed by atoms with E-state index in [1.54, 1.807) is 31.6 Å². The molecule has 1 amide bonds. The Morgan fingerprint density at radius 1 is 1.26 bits per heavy atom. The Kier molecular flexibility index (Phi) is 6.29. The van der Waals surface area contributed by atoms with Gasteiger partial charge in [0.2, 0.25) is 5.91 Å². The summed E-state index contributed by atoms with van der Waals surface area (Å²) in [7, 11) is 1.79. The van der Waals surface area contributed by atoms with Crippen LogP contribution in [0, 0.1) is 5.82 Å². The highest BCUT2D eigenvalue weighted by Crippen LogP contribution is 2.40. The number of nitrogens with one attached hydrogen (secondary N) is 3. The molecule has 31 heavy (non-hydrogen) atoms. The topological polar surface area (TPSA) is 88.2 Å². The molecule has 0 radical (unpaired) electrons. The molecule has 160 valence electrons. The molecular weight excluding hydrogens is 421 g/mol. The fourth-order valence-electron chi connectivity index (χ4n) is 3.29. The molecule has 0 bridgehead atoms. The van der Waals surface area contributed by atoms with E-state index in [4.69, 9.17) is 16.3 Å². The van der Waals surface area contributed by atoms with Gasteiger partial charge in [-0.05, 0) is 37.4 Å². The average Bonchev–Trinajstić information content (AvgIpc) is 2.78. The summed E-state index contributed by atoms with van der Waals surface area (Å²) in [5.74, 6) is 0.521. The van der Waals surface area contributed by atoms with E-state index in [1.165, 1.54) is 18.2 Å². The number of halogens is 2. The average molecular weight is 442 g/mol. The van der Waals surface area contributed by atoms with Crippen molar-refractivity contribution in [2.75, 3.05) is 37.4 Å². The van der Waals surface area contributed by atoms with Crippen molar-refractivity contribution >= 4 is 29.0 Å². The van der Waals surface area contributed by atoms with E-state index in [0.29, 0.717) is 65.2 Å². The highest BCUT2D eigenvalue weighted by molar-refractivity contribution is 6.30. The van der Waals surface area contributed by atoms with Gasteiger partial charge in [-0.25, -0.2) is 9.37 Å². The summed E-state index contributed by atoms with van der Waals surface area (Å²) in [6, 6.07) is 7.88. The van der Waals surface area contributed by atoms with Crippen LogP contribution < -0.4 is 20.7 Å². The standard InChI is InChI=1S/C22H21ClFN5O2/c1-25-5-4-20(30)28-15-8-13(11-26-12-15)16-10-19(17-9-14(23)2-3-18(17)24)29-22-21(16)31-7-6-27-22/h2-3,8-12,25H,4-7H2,1H3,(H,27,29)(H,28,30). The lowest BCUT2D eigenvalue weighted by Crippen LogP contribution is -2.20. The third kappa shape index (κ3) is 4.76. The van der Waals surface area contributed by atoms with Crippen LogP contribution in [0.3, 0.4) is 0 Å². The lowest BCUT2D eigenvalue weighted by molar-refractivity contribution is -0.116. The molecule has 1 aliphatic rings. The first-order chi connectivity index (χ1) is 15.0. The van der Waals surface area contributed by atoms with Gasteiger partial charge in [-0.15, -0.1) is 0 Å². The van der Waals surface area contributed by atoms with Crippen molar-refractivity contribution < 1.29 is 13.9 Å². The van der Waals surface area contributed by atoms with Crippen LogP contribution in [0.1, 0.15) is 6.42 Å². The first-order valence-corrected chi connectivity index (χ1v) is 10.2. The zero-order valence-corrected chi connectivity index (χ0v) is 17.6. The van der Waals surface area contributed by atoms with Crippen LogP contribution in [0.2, 0.25) is 5.02 Å². The molecule has 3 aromatic rings. The Bertz CT molecular complexity index is 1130. The minimum atomic E-state index is -0.428. The number of carbonyl (C=O) groups excluding carboxylic acids is 1. The molecular formula is C22H21ClFN5O2. The smallest absolute Gasteiger partial charge is 0.225 e. The summed E-state index contributed by atoms with van der Waals surface area (Å²) in [5.41, 5.74) is 2.65. The molecule has 2 aromatic heterocycles. The van der Waals surface area contributed by atoms with Crippen LogP contribution in [0.15, 0.2) is 42.7 Å². The Morgan fingerprint density at radius 2 is 2.13 bits per heavy atom. The molecule has 3 heterocycles. The van der Waals surface area contributed by atoms with Gasteiger partial charge in [0, 0.05) is 40.9 Å². The van der Waals surface area contributed by atoms with E-state index < -0.39 is 5.82 Å². The summed E-state index contributed by atoms with van der Waals surface area (Å²) in [5, 5.41) is 9.39. The van der Waals surface area contributed by atoms with E-state index in [-0.39, 0.29) is 11.5 Å². The van der Waals surface area contributed by atoms with Crippen molar-refractivity contribution in [1.29, 1.82) is 0 Å². The second-order valence-electron chi connectivity index (χ2n) is 7.00. The van der Waals surface area contributed by atoms with Gasteiger partial charge in [-0.1, -0.05) is 11.6 Å². The third-order valence-corrected chi connectivity index (χ3v) is 4.99. The molecule has 0 fully saturated rings. The molecule has 0 aliphatic carbocycles. The first kappa shape index (κ1) is 21.0. The fourth-order valence-corrected chi connectivity index (χ4v) is 3.46. The Hall–Kier alpha value is -3.23. The summed E-state index contributed by atoms with van der Waals surface area (Å²) in [6.45, 7) is 1.63. The zero-order chi connectivity index (χ0) is 21.8. The molecule has 3 N–H and O–H groups in total. The first-order valence-electron chi connectivity index (χ1n) is 9.82. The fraction of sp³-hybridized carbons (Fsp3) is 0.227. The number of anilines is 2. The molecule has 0 saturated carbocycles. The number of carbonyl (C=O) groups is 1. The number of hydrogen-bond acceptors (Lipinski definition) is 6. The monoisotopic (exact) mass is 441 g/mol. The minimum absolute atomic E-state index is 0.121. The van der Waals surface area contributed by atoms with Crippen molar-refractivity contribution in [2.24, 2.45) is 0 Å². The van der Waals surface area contributed by atoms with Gasteiger partial charge in [0.05, 0.1) is 24.1 Å². The SMILES string of the molecule is CNCCC(=O)Nc1cncc(-c2cc(-c3cc(Cl)ccc3F)nc3c2OCCN3)c1. The number of aromatic nitrogens is 2. The van der Waals surface area contributed by atoms with Crippen LogP contribution in [0.5, 0.6) is 5.75 Å². The molecule has 0 unspecified atom stereocenters. The summed E-state index contributed by atoms with van der Waals surface area (Å²) >= 11 is 6.08. The van der Waals surface area contributed by atoms with Gasteiger partial charge in [0.25, 0.3) is 0 Å². The number of hydrogen-bond donors (Lipinski definition) is 3. The molecule has 7 nitrogen and oxygen atoms in total. The van der Waals surface area contributed by atoms with E-state index in [1.807, 2.05) is 0 Å². The van der Waals surface area contributed by atoms with Crippen LogP contribution >= 0.6 is 11.6 Å². The highest BCUT2D eigenvalue weighted by Gasteiger charge is 2.21. The van der Waals surface area contributed by atoms with Crippen molar-refractivity contribution in [3.05, 3.63) is 53.6 Å². The van der Waals surface area contributed by atoms with Crippen LogP contribution in [-0.4, -0.2) is 42.6 Å². The minimum Gasteiger partial charge on any atom is -0.487 e. The number of pyridine rings is 2. The Balaban J connectivity index is 1.77. The van der Waals surface area contributed by atoms with E-state index in [0.717, 1.165) is 0 Å². The van der Waals surface area contributed by atoms with Crippen LogP contribution in [-0.2, 0) is 4.79 Å². The number of rotatable bonds is 6. The van der Waals surface area contributed by atoms with Gasteiger partial charge < -0.3 is 20.7 Å². The van der Waals surface area contributed by atoms with Gasteiger partial charge >= 0.3 is 0 Å². The molecule has 1 aliphatic heterocycles. The van der Waals surface area contributed by atoms with Crippen molar-refractivity contribution in [3.8, 4) is 28.1 Å². The predicted molar refractivity (Wildman–Crippen MR) is 119 cm³/mol. The Morgan fingerprint density at radius 3 is 2.97 bits per heavy atom. The predicted octanol–water partition coefficient (Wildman–Crippen LogP) is 3.96. The van der Waals surface area contributed by atoms with Gasteiger partial charge in [-0.3, -0.25) is 9.78 Å². The molecule has 4 rings (SSSR count). The Labute approximate surface area is 184 Å². The lowest BCUT2D eigenvalue weighted by Gasteiger charge is -2.22. The summed E-state index contributed by atoms with van der Waals surface area (Å²) < 4.78 is 20.4. The normalized spacial score (nSPS) is 12.5. The van der Waals surface area contributed by atoms with Crippen LogP contribution in [0.25, 0.3) is 22.4 Å². The second kappa shape index (κ2) is 9.28. The summed E-state index contributed by atoms with van der Waals surface area (Å²) in [4.78, 5) is 20.9. The largest absolute Gasteiger partial charge is 0.487 e. The zero-order valence-electron chi connectivity index (χ0n) is 16.8. The maximum atomic E-state index is 14.5. The number of ether oxygens (including phenoxy) is 1. The highest BCUT2D eigenvalue weighted by atomic mass is 35.5. The van der Waals surface area contributed by atoms with Crippen molar-refractivity contribution in [3.63, 3.8) is 0 Å². The van der Waals surface area contributed by atoms with Gasteiger partial charge in [0.15, 0.2) is 11.6 Å². The molecule has 9 heteroatoms. The van der Waals surface area contributed by atoms with Gasteiger partial charge in [-0.2, -0.15) is 0 Å². The number of benzene rings is 1.